The fourth-order valence-electron chi connectivity index (χ4n) is 2.23. The number of hydrogen-bond donors (Lipinski definition) is 1. The SMILES string of the molecule is O=[C]c1ncc2ccn(Cc3ccccc3)c(=O)c2c1O. The summed E-state index contributed by atoms with van der Waals surface area (Å²) in [5, 5.41) is 10.6. The zero-order chi connectivity index (χ0) is 14.8. The van der Waals surface area contributed by atoms with Crippen LogP contribution in [0.3, 0.4) is 0 Å². The average Bonchev–Trinajstić information content (AvgIpc) is 2.51. The van der Waals surface area contributed by atoms with Crippen molar-refractivity contribution in [2.75, 3.05) is 0 Å². The highest BCUT2D eigenvalue weighted by Gasteiger charge is 2.13. The molecule has 2 heterocycles. The van der Waals surface area contributed by atoms with E-state index in [1.54, 1.807) is 12.3 Å². The van der Waals surface area contributed by atoms with Gasteiger partial charge in [0.2, 0.25) is 0 Å². The van der Waals surface area contributed by atoms with Crippen LogP contribution in [-0.2, 0) is 11.3 Å². The number of pyridine rings is 2. The van der Waals surface area contributed by atoms with Crippen LogP contribution >= 0.6 is 0 Å². The average molecular weight is 279 g/mol. The number of carbonyl (C=O) groups excluding carboxylic acids is 1. The predicted molar refractivity (Wildman–Crippen MR) is 78.0 cm³/mol. The maximum absolute atomic E-state index is 12.5. The fourth-order valence-corrected chi connectivity index (χ4v) is 2.23. The second-order valence-electron chi connectivity index (χ2n) is 4.62. The molecular formula is C16H11N2O3. The molecule has 0 saturated carbocycles. The number of aromatic hydroxyl groups is 1. The Balaban J connectivity index is 2.18. The first-order valence-corrected chi connectivity index (χ1v) is 6.34. The quantitative estimate of drug-likeness (QED) is 0.790. The van der Waals surface area contributed by atoms with Gasteiger partial charge in [-0.15, -0.1) is 0 Å². The van der Waals surface area contributed by atoms with Gasteiger partial charge < -0.3 is 9.67 Å². The van der Waals surface area contributed by atoms with Crippen LogP contribution in [-0.4, -0.2) is 20.9 Å². The largest absolute Gasteiger partial charge is 0.505 e. The van der Waals surface area contributed by atoms with Gasteiger partial charge in [0.25, 0.3) is 11.8 Å². The minimum atomic E-state index is -0.421. The Hall–Kier alpha value is -2.95. The third kappa shape index (κ3) is 2.29. The van der Waals surface area contributed by atoms with Crippen molar-refractivity contribution in [3.8, 4) is 5.75 Å². The van der Waals surface area contributed by atoms with Crippen molar-refractivity contribution in [2.45, 2.75) is 6.54 Å². The normalized spacial score (nSPS) is 10.7. The number of benzene rings is 1. The molecule has 3 rings (SSSR count). The maximum Gasteiger partial charge on any atom is 0.262 e. The standard InChI is InChI=1S/C16H11N2O3/c19-10-13-15(20)14-12(8-17-13)6-7-18(16(14)21)9-11-4-2-1-3-5-11/h1-8,20H,9H2. The van der Waals surface area contributed by atoms with Crippen LogP contribution in [0.2, 0.25) is 0 Å². The summed E-state index contributed by atoms with van der Waals surface area (Å²) in [6, 6.07) is 11.2. The molecule has 0 aliphatic rings. The van der Waals surface area contributed by atoms with Crippen molar-refractivity contribution >= 4 is 17.1 Å². The Kier molecular flexibility index (Phi) is 3.23. The van der Waals surface area contributed by atoms with E-state index in [1.807, 2.05) is 30.3 Å². The lowest BCUT2D eigenvalue weighted by atomic mass is 10.1. The molecule has 0 amide bonds. The van der Waals surface area contributed by atoms with Gasteiger partial charge in [-0.3, -0.25) is 9.59 Å². The molecule has 1 radical (unpaired) electrons. The van der Waals surface area contributed by atoms with E-state index in [4.69, 9.17) is 0 Å². The van der Waals surface area contributed by atoms with Crippen LogP contribution < -0.4 is 5.56 Å². The number of nitrogens with zero attached hydrogens (tertiary/aromatic N) is 2. The molecule has 0 saturated heterocycles. The van der Waals surface area contributed by atoms with Crippen LogP contribution in [0, 0.1) is 0 Å². The van der Waals surface area contributed by atoms with Gasteiger partial charge in [0.15, 0.2) is 11.4 Å². The summed E-state index contributed by atoms with van der Waals surface area (Å²) in [5.74, 6) is -0.421. The van der Waals surface area contributed by atoms with E-state index in [0.29, 0.717) is 11.9 Å². The molecular weight excluding hydrogens is 268 g/mol. The van der Waals surface area contributed by atoms with Crippen LogP contribution in [0.1, 0.15) is 11.3 Å². The van der Waals surface area contributed by atoms with E-state index >= 15 is 0 Å². The molecule has 21 heavy (non-hydrogen) atoms. The van der Waals surface area contributed by atoms with E-state index in [2.05, 4.69) is 4.98 Å². The van der Waals surface area contributed by atoms with Gasteiger partial charge >= 0.3 is 0 Å². The zero-order valence-electron chi connectivity index (χ0n) is 11.0. The molecule has 5 heteroatoms. The van der Waals surface area contributed by atoms with Crippen molar-refractivity contribution < 1.29 is 9.90 Å². The smallest absolute Gasteiger partial charge is 0.262 e. The summed E-state index contributed by atoms with van der Waals surface area (Å²) < 4.78 is 1.48. The second-order valence-corrected chi connectivity index (χ2v) is 4.62. The van der Waals surface area contributed by atoms with Gasteiger partial charge in [-0.2, -0.15) is 0 Å². The van der Waals surface area contributed by atoms with E-state index in [1.165, 1.54) is 17.1 Å². The fraction of sp³-hybridized carbons (Fsp3) is 0.0625. The molecule has 0 fully saturated rings. The number of rotatable bonds is 3. The highest BCUT2D eigenvalue weighted by molar-refractivity contribution is 5.93. The Labute approximate surface area is 120 Å². The first kappa shape index (κ1) is 13.1. The van der Waals surface area contributed by atoms with E-state index < -0.39 is 5.75 Å². The monoisotopic (exact) mass is 279 g/mol. The van der Waals surface area contributed by atoms with Gasteiger partial charge in [-0.1, -0.05) is 30.3 Å². The molecule has 1 N–H and O–H groups in total. The lowest BCUT2D eigenvalue weighted by Crippen LogP contribution is -2.20. The van der Waals surface area contributed by atoms with E-state index in [9.17, 15) is 14.7 Å². The molecule has 0 spiro atoms. The predicted octanol–water partition coefficient (Wildman–Crippen LogP) is 1.61. The molecule has 0 atom stereocenters. The van der Waals surface area contributed by atoms with Crippen LogP contribution in [0.5, 0.6) is 5.75 Å². The van der Waals surface area contributed by atoms with Gasteiger partial charge in [-0.05, 0) is 11.6 Å². The third-order valence-corrected chi connectivity index (χ3v) is 3.28. The summed E-state index contributed by atoms with van der Waals surface area (Å²) in [5.41, 5.74) is 0.347. The Bertz CT molecular complexity index is 870. The van der Waals surface area contributed by atoms with Crippen molar-refractivity contribution in [3.05, 3.63) is 70.4 Å². The van der Waals surface area contributed by atoms with E-state index in [-0.39, 0.29) is 16.6 Å². The minimum absolute atomic E-state index is 0.0850. The maximum atomic E-state index is 12.5. The van der Waals surface area contributed by atoms with E-state index in [0.717, 1.165) is 5.56 Å². The lowest BCUT2D eigenvalue weighted by Gasteiger charge is -2.08. The van der Waals surface area contributed by atoms with Crippen molar-refractivity contribution in [1.29, 1.82) is 0 Å². The number of hydrogen-bond acceptors (Lipinski definition) is 4. The first-order chi connectivity index (χ1) is 10.2. The molecule has 0 aliphatic carbocycles. The Morgan fingerprint density at radius 3 is 2.67 bits per heavy atom. The summed E-state index contributed by atoms with van der Waals surface area (Å²) in [7, 11) is 0. The second kappa shape index (κ2) is 5.20. The first-order valence-electron chi connectivity index (χ1n) is 6.34. The summed E-state index contributed by atoms with van der Waals surface area (Å²) in [6.45, 7) is 0.386. The minimum Gasteiger partial charge on any atom is -0.505 e. The molecule has 0 aliphatic heterocycles. The van der Waals surface area contributed by atoms with Gasteiger partial charge in [0, 0.05) is 17.8 Å². The number of aromatic nitrogens is 2. The van der Waals surface area contributed by atoms with Crippen LogP contribution in [0.15, 0.2) is 53.6 Å². The molecule has 103 valence electrons. The lowest BCUT2D eigenvalue weighted by molar-refractivity contribution is 0.474. The highest BCUT2D eigenvalue weighted by atomic mass is 16.3. The highest BCUT2D eigenvalue weighted by Crippen LogP contribution is 2.22. The Morgan fingerprint density at radius 1 is 1.19 bits per heavy atom. The van der Waals surface area contributed by atoms with Crippen molar-refractivity contribution in [2.24, 2.45) is 0 Å². The third-order valence-electron chi connectivity index (χ3n) is 3.28. The number of fused-ring (bicyclic) bond motifs is 1. The molecule has 5 nitrogen and oxygen atoms in total. The summed E-state index contributed by atoms with van der Waals surface area (Å²) >= 11 is 0. The Morgan fingerprint density at radius 2 is 1.95 bits per heavy atom. The zero-order valence-corrected chi connectivity index (χ0v) is 11.0. The van der Waals surface area contributed by atoms with Gasteiger partial charge in [0.1, 0.15) is 0 Å². The van der Waals surface area contributed by atoms with Gasteiger partial charge in [-0.25, -0.2) is 4.98 Å². The summed E-state index contributed by atoms with van der Waals surface area (Å²) in [6.07, 6.45) is 4.54. The van der Waals surface area contributed by atoms with Crippen molar-refractivity contribution in [1.82, 2.24) is 9.55 Å². The summed E-state index contributed by atoms with van der Waals surface area (Å²) in [4.78, 5) is 26.9. The topological polar surface area (TPSA) is 72.2 Å². The molecule has 1 aromatic carbocycles. The van der Waals surface area contributed by atoms with Gasteiger partial charge in [0.05, 0.1) is 11.9 Å². The molecule has 3 aromatic rings. The molecule has 0 unspecified atom stereocenters. The molecule has 2 aromatic heterocycles. The van der Waals surface area contributed by atoms with Crippen LogP contribution in [0.25, 0.3) is 10.8 Å². The van der Waals surface area contributed by atoms with Crippen LogP contribution in [0.4, 0.5) is 0 Å². The molecule has 0 bridgehead atoms. The van der Waals surface area contributed by atoms with Crippen molar-refractivity contribution in [3.63, 3.8) is 0 Å².